The summed E-state index contributed by atoms with van der Waals surface area (Å²) in [6.07, 6.45) is 6.09. The van der Waals surface area contributed by atoms with Crippen molar-refractivity contribution >= 4 is 22.5 Å². The zero-order chi connectivity index (χ0) is 12.7. The lowest BCUT2D eigenvalue weighted by Gasteiger charge is -2.33. The molecule has 1 nitrogen and oxygen atoms in total. The van der Waals surface area contributed by atoms with Crippen LogP contribution in [-0.4, -0.2) is 4.57 Å². The molecule has 2 aromatic rings. The van der Waals surface area contributed by atoms with Crippen molar-refractivity contribution in [3.8, 4) is 0 Å². The number of nitrogens with zero attached hydrogens (tertiary/aromatic N) is 1. The fourth-order valence-electron chi connectivity index (χ4n) is 3.25. The Morgan fingerprint density at radius 1 is 1.11 bits per heavy atom. The SMILES string of the molecule is CC1CCC(n2ccc3cccc(Cl)c32)CC1C. The van der Waals surface area contributed by atoms with Gasteiger partial charge in [-0.1, -0.05) is 37.6 Å². The lowest BCUT2D eigenvalue weighted by Crippen LogP contribution is -2.22. The van der Waals surface area contributed by atoms with E-state index in [4.69, 9.17) is 11.6 Å². The van der Waals surface area contributed by atoms with Gasteiger partial charge in [-0.25, -0.2) is 0 Å². The lowest BCUT2D eigenvalue weighted by atomic mass is 9.79. The van der Waals surface area contributed by atoms with Crippen molar-refractivity contribution in [2.45, 2.75) is 39.2 Å². The van der Waals surface area contributed by atoms with Crippen LogP contribution < -0.4 is 0 Å². The molecule has 1 aromatic heterocycles. The first-order valence-electron chi connectivity index (χ1n) is 6.92. The van der Waals surface area contributed by atoms with Crippen molar-refractivity contribution in [3.05, 3.63) is 35.5 Å². The summed E-state index contributed by atoms with van der Waals surface area (Å²) in [6.45, 7) is 4.76. The van der Waals surface area contributed by atoms with Crippen molar-refractivity contribution < 1.29 is 0 Å². The maximum Gasteiger partial charge on any atom is 0.0672 e. The molecule has 0 aliphatic heterocycles. The molecule has 3 unspecified atom stereocenters. The Bertz CT molecular complexity index is 557. The van der Waals surface area contributed by atoms with Crippen LogP contribution in [0.5, 0.6) is 0 Å². The highest BCUT2D eigenvalue weighted by molar-refractivity contribution is 6.35. The molecule has 0 bridgehead atoms. The van der Waals surface area contributed by atoms with Crippen LogP contribution >= 0.6 is 11.6 Å². The van der Waals surface area contributed by atoms with Crippen molar-refractivity contribution in [1.82, 2.24) is 4.57 Å². The van der Waals surface area contributed by atoms with Crippen LogP contribution in [0, 0.1) is 11.8 Å². The predicted molar refractivity (Wildman–Crippen MR) is 78.2 cm³/mol. The summed E-state index contributed by atoms with van der Waals surface area (Å²) in [5.74, 6) is 1.67. The van der Waals surface area contributed by atoms with Crippen LogP contribution in [0.3, 0.4) is 0 Å². The summed E-state index contributed by atoms with van der Waals surface area (Å²) in [5, 5.41) is 2.14. The molecule has 1 fully saturated rings. The Morgan fingerprint density at radius 3 is 2.72 bits per heavy atom. The molecular weight excluding hydrogens is 242 g/mol. The molecule has 0 amide bonds. The molecule has 3 atom stereocenters. The highest BCUT2D eigenvalue weighted by atomic mass is 35.5. The van der Waals surface area contributed by atoms with Gasteiger partial charge < -0.3 is 4.57 Å². The molecule has 1 aliphatic rings. The minimum Gasteiger partial charge on any atom is -0.343 e. The van der Waals surface area contributed by atoms with E-state index >= 15 is 0 Å². The molecule has 1 aliphatic carbocycles. The summed E-state index contributed by atoms with van der Waals surface area (Å²) in [6, 6.07) is 8.97. The summed E-state index contributed by atoms with van der Waals surface area (Å²) in [5.41, 5.74) is 1.21. The normalized spacial score (nSPS) is 28.7. The molecule has 3 rings (SSSR count). The van der Waals surface area contributed by atoms with E-state index in [-0.39, 0.29) is 0 Å². The molecule has 1 aromatic carbocycles. The standard InChI is InChI=1S/C16H20ClN/c1-11-6-7-14(10-12(11)2)18-9-8-13-4-3-5-15(17)16(13)18/h3-5,8-9,11-12,14H,6-7,10H2,1-2H3. The third kappa shape index (κ3) is 1.95. The number of aromatic nitrogens is 1. The fourth-order valence-corrected chi connectivity index (χ4v) is 3.53. The van der Waals surface area contributed by atoms with Crippen LogP contribution in [0.2, 0.25) is 5.02 Å². The minimum absolute atomic E-state index is 0.619. The van der Waals surface area contributed by atoms with E-state index in [1.54, 1.807) is 0 Å². The van der Waals surface area contributed by atoms with Gasteiger partial charge >= 0.3 is 0 Å². The van der Waals surface area contributed by atoms with Crippen molar-refractivity contribution in [2.75, 3.05) is 0 Å². The van der Waals surface area contributed by atoms with Crippen molar-refractivity contribution in [2.24, 2.45) is 11.8 Å². The Morgan fingerprint density at radius 2 is 1.94 bits per heavy atom. The fraction of sp³-hybridized carbons (Fsp3) is 0.500. The largest absolute Gasteiger partial charge is 0.343 e. The van der Waals surface area contributed by atoms with Gasteiger partial charge in [0.2, 0.25) is 0 Å². The van der Waals surface area contributed by atoms with Crippen LogP contribution in [-0.2, 0) is 0 Å². The molecule has 0 N–H and O–H groups in total. The summed E-state index contributed by atoms with van der Waals surface area (Å²) in [7, 11) is 0. The van der Waals surface area contributed by atoms with Crippen molar-refractivity contribution in [3.63, 3.8) is 0 Å². The average Bonchev–Trinajstić information content (AvgIpc) is 2.78. The second kappa shape index (κ2) is 4.62. The minimum atomic E-state index is 0.619. The van der Waals surface area contributed by atoms with E-state index in [1.807, 2.05) is 12.1 Å². The molecular formula is C16H20ClN. The highest BCUT2D eigenvalue weighted by Crippen LogP contribution is 2.39. The van der Waals surface area contributed by atoms with Gasteiger partial charge in [-0.2, -0.15) is 0 Å². The van der Waals surface area contributed by atoms with Gasteiger partial charge in [-0.05, 0) is 43.2 Å². The molecule has 0 saturated heterocycles. The van der Waals surface area contributed by atoms with Crippen LogP contribution in [0.25, 0.3) is 10.9 Å². The third-order valence-electron chi connectivity index (χ3n) is 4.65. The molecule has 2 heteroatoms. The van der Waals surface area contributed by atoms with E-state index < -0.39 is 0 Å². The van der Waals surface area contributed by atoms with E-state index in [1.165, 1.54) is 30.2 Å². The first kappa shape index (κ1) is 12.1. The number of para-hydroxylation sites is 1. The average molecular weight is 262 g/mol. The zero-order valence-corrected chi connectivity index (χ0v) is 11.8. The van der Waals surface area contributed by atoms with Crippen molar-refractivity contribution in [1.29, 1.82) is 0 Å². The van der Waals surface area contributed by atoms with Gasteiger partial charge in [0.15, 0.2) is 0 Å². The van der Waals surface area contributed by atoms with Crippen LogP contribution in [0.4, 0.5) is 0 Å². The molecule has 0 spiro atoms. The highest BCUT2D eigenvalue weighted by Gasteiger charge is 2.26. The molecule has 1 heterocycles. The van der Waals surface area contributed by atoms with E-state index in [9.17, 15) is 0 Å². The maximum atomic E-state index is 6.37. The zero-order valence-electron chi connectivity index (χ0n) is 11.1. The Hall–Kier alpha value is -0.950. The number of halogens is 1. The second-order valence-electron chi connectivity index (χ2n) is 5.82. The smallest absolute Gasteiger partial charge is 0.0672 e. The Labute approximate surface area is 114 Å². The number of fused-ring (bicyclic) bond motifs is 1. The first-order chi connectivity index (χ1) is 8.66. The van der Waals surface area contributed by atoms with E-state index in [0.29, 0.717) is 6.04 Å². The monoisotopic (exact) mass is 261 g/mol. The Balaban J connectivity index is 2.00. The quantitative estimate of drug-likeness (QED) is 0.657. The van der Waals surface area contributed by atoms with Gasteiger partial charge in [0.1, 0.15) is 0 Å². The van der Waals surface area contributed by atoms with Gasteiger partial charge in [-0.15, -0.1) is 0 Å². The maximum absolute atomic E-state index is 6.37. The number of hydrogen-bond acceptors (Lipinski definition) is 0. The van der Waals surface area contributed by atoms with Gasteiger partial charge in [-0.3, -0.25) is 0 Å². The summed E-state index contributed by atoms with van der Waals surface area (Å²) in [4.78, 5) is 0. The third-order valence-corrected chi connectivity index (χ3v) is 4.96. The van der Waals surface area contributed by atoms with E-state index in [0.717, 1.165) is 16.9 Å². The summed E-state index contributed by atoms with van der Waals surface area (Å²) >= 11 is 6.37. The number of rotatable bonds is 1. The second-order valence-corrected chi connectivity index (χ2v) is 6.23. The summed E-state index contributed by atoms with van der Waals surface area (Å²) < 4.78 is 2.40. The molecule has 1 saturated carbocycles. The predicted octanol–water partition coefficient (Wildman–Crippen LogP) is 5.29. The van der Waals surface area contributed by atoms with Gasteiger partial charge in [0.05, 0.1) is 10.5 Å². The molecule has 96 valence electrons. The topological polar surface area (TPSA) is 4.93 Å². The lowest BCUT2D eigenvalue weighted by molar-refractivity contribution is 0.214. The van der Waals surface area contributed by atoms with Crippen LogP contribution in [0.1, 0.15) is 39.2 Å². The number of benzene rings is 1. The Kier molecular flexibility index (Phi) is 3.11. The van der Waals surface area contributed by atoms with Crippen LogP contribution in [0.15, 0.2) is 30.5 Å². The van der Waals surface area contributed by atoms with Gasteiger partial charge in [0.25, 0.3) is 0 Å². The molecule has 0 radical (unpaired) electrons. The molecule has 18 heavy (non-hydrogen) atoms. The van der Waals surface area contributed by atoms with Gasteiger partial charge in [0, 0.05) is 17.6 Å². The van der Waals surface area contributed by atoms with E-state index in [2.05, 4.69) is 36.7 Å². The first-order valence-corrected chi connectivity index (χ1v) is 7.29. The number of hydrogen-bond donors (Lipinski definition) is 0.